The van der Waals surface area contributed by atoms with E-state index in [1.54, 1.807) is 0 Å². The number of amides is 1. The van der Waals surface area contributed by atoms with Crippen LogP contribution in [0.25, 0.3) is 22.0 Å². The van der Waals surface area contributed by atoms with Crippen molar-refractivity contribution in [3.8, 4) is 11.1 Å². The van der Waals surface area contributed by atoms with Gasteiger partial charge in [-0.15, -0.1) is 0 Å². The highest BCUT2D eigenvalue weighted by Gasteiger charge is 2.21. The smallest absolute Gasteiger partial charge is 0.228 e. The largest absolute Gasteiger partial charge is 0.393 e. The predicted octanol–water partition coefficient (Wildman–Crippen LogP) is 3.51. The number of aromatic nitrogens is 2. The molecule has 1 aliphatic carbocycles. The van der Waals surface area contributed by atoms with Gasteiger partial charge in [0.15, 0.2) is 0 Å². The molecule has 0 bridgehead atoms. The summed E-state index contributed by atoms with van der Waals surface area (Å²) in [7, 11) is 0. The van der Waals surface area contributed by atoms with E-state index in [4.69, 9.17) is 4.98 Å². The first-order valence-electron chi connectivity index (χ1n) is 9.78. The van der Waals surface area contributed by atoms with E-state index in [0.717, 1.165) is 59.0 Å². The monoisotopic (exact) mass is 374 g/mol. The molecule has 6 heteroatoms. The molecule has 0 spiro atoms. The van der Waals surface area contributed by atoms with Gasteiger partial charge in [0.05, 0.1) is 18.0 Å². The Morgan fingerprint density at radius 1 is 1.11 bits per heavy atom. The fourth-order valence-electron chi connectivity index (χ4n) is 4.16. The fourth-order valence-corrected chi connectivity index (χ4v) is 4.16. The standard InChI is InChI=1S/C22H22N4O2/c27-18-3-1-2-17(11-18)24-22-23-12-15-5-4-14(9-20(15)26-22)13-6-7-19-16(8-13)10-21(28)25-19/h4-9,12,17-18,27H,1-3,10-11H2,(H,25,28)(H,23,24,26)/t17-,18+/m0/s1. The molecule has 1 aromatic heterocycles. The molecule has 2 aromatic carbocycles. The molecular formula is C22H22N4O2. The lowest BCUT2D eigenvalue weighted by molar-refractivity contribution is -0.115. The Kier molecular flexibility index (Phi) is 4.20. The molecule has 0 radical (unpaired) electrons. The molecule has 142 valence electrons. The van der Waals surface area contributed by atoms with Crippen LogP contribution in [0.5, 0.6) is 0 Å². The number of rotatable bonds is 3. The number of fused-ring (bicyclic) bond motifs is 2. The molecule has 0 saturated heterocycles. The van der Waals surface area contributed by atoms with Crippen LogP contribution in [0, 0.1) is 0 Å². The molecule has 6 nitrogen and oxygen atoms in total. The Balaban J connectivity index is 1.43. The minimum atomic E-state index is -0.237. The summed E-state index contributed by atoms with van der Waals surface area (Å²) < 4.78 is 0. The van der Waals surface area contributed by atoms with Crippen molar-refractivity contribution in [1.29, 1.82) is 0 Å². The predicted molar refractivity (Wildman–Crippen MR) is 109 cm³/mol. The Labute approximate surface area is 163 Å². The van der Waals surface area contributed by atoms with Crippen molar-refractivity contribution in [2.45, 2.75) is 44.2 Å². The van der Waals surface area contributed by atoms with Crippen molar-refractivity contribution < 1.29 is 9.90 Å². The van der Waals surface area contributed by atoms with Gasteiger partial charge in [-0.25, -0.2) is 9.97 Å². The molecule has 2 atom stereocenters. The van der Waals surface area contributed by atoms with Gasteiger partial charge in [-0.1, -0.05) is 18.2 Å². The van der Waals surface area contributed by atoms with Crippen LogP contribution in [-0.4, -0.2) is 33.1 Å². The lowest BCUT2D eigenvalue weighted by atomic mass is 9.93. The topological polar surface area (TPSA) is 87.1 Å². The molecule has 3 aromatic rings. The summed E-state index contributed by atoms with van der Waals surface area (Å²) in [5, 5.41) is 17.1. The van der Waals surface area contributed by atoms with Gasteiger partial charge in [-0.2, -0.15) is 0 Å². The molecule has 2 heterocycles. The summed E-state index contributed by atoms with van der Waals surface area (Å²) in [5.74, 6) is 0.648. The number of hydrogen-bond donors (Lipinski definition) is 3. The second-order valence-electron chi connectivity index (χ2n) is 7.73. The second-order valence-corrected chi connectivity index (χ2v) is 7.73. The summed E-state index contributed by atoms with van der Waals surface area (Å²) >= 11 is 0. The third kappa shape index (κ3) is 3.31. The maximum Gasteiger partial charge on any atom is 0.228 e. The van der Waals surface area contributed by atoms with Crippen LogP contribution in [0.3, 0.4) is 0 Å². The molecule has 1 aliphatic heterocycles. The number of carbonyl (C=O) groups excluding carboxylic acids is 1. The average Bonchev–Trinajstić information content (AvgIpc) is 3.06. The maximum absolute atomic E-state index is 11.6. The molecular weight excluding hydrogens is 352 g/mol. The average molecular weight is 374 g/mol. The van der Waals surface area contributed by atoms with Gasteiger partial charge in [-0.3, -0.25) is 4.79 Å². The number of anilines is 2. The summed E-state index contributed by atoms with van der Waals surface area (Å²) in [6.45, 7) is 0. The van der Waals surface area contributed by atoms with Gasteiger partial charge in [-0.05, 0) is 60.6 Å². The van der Waals surface area contributed by atoms with Crippen molar-refractivity contribution in [2.24, 2.45) is 0 Å². The lowest BCUT2D eigenvalue weighted by Gasteiger charge is -2.26. The summed E-state index contributed by atoms with van der Waals surface area (Å²) in [6.07, 6.45) is 5.69. The van der Waals surface area contributed by atoms with E-state index in [2.05, 4.69) is 33.8 Å². The van der Waals surface area contributed by atoms with Crippen molar-refractivity contribution >= 4 is 28.4 Å². The SMILES string of the molecule is O=C1Cc2cc(-c3ccc4cnc(N[C@H]5CCC[C@@H](O)C5)nc4c3)ccc2N1. The van der Waals surface area contributed by atoms with E-state index in [0.29, 0.717) is 12.4 Å². The van der Waals surface area contributed by atoms with Crippen molar-refractivity contribution in [3.63, 3.8) is 0 Å². The summed E-state index contributed by atoms with van der Waals surface area (Å²) in [4.78, 5) is 20.7. The zero-order valence-corrected chi connectivity index (χ0v) is 15.5. The number of benzene rings is 2. The molecule has 5 rings (SSSR count). The van der Waals surface area contributed by atoms with Gasteiger partial charge in [0.1, 0.15) is 0 Å². The zero-order chi connectivity index (χ0) is 19.1. The summed E-state index contributed by atoms with van der Waals surface area (Å²) in [6, 6.07) is 12.4. The Morgan fingerprint density at radius 2 is 1.96 bits per heavy atom. The number of aliphatic hydroxyl groups is 1. The molecule has 1 amide bonds. The maximum atomic E-state index is 11.6. The summed E-state index contributed by atoms with van der Waals surface area (Å²) in [5.41, 5.74) is 4.94. The molecule has 2 aliphatic rings. The number of carbonyl (C=O) groups is 1. The van der Waals surface area contributed by atoms with Gasteiger partial charge >= 0.3 is 0 Å². The van der Waals surface area contributed by atoms with E-state index in [9.17, 15) is 9.90 Å². The van der Waals surface area contributed by atoms with Gasteiger partial charge in [0, 0.05) is 23.3 Å². The first-order chi connectivity index (χ1) is 13.6. The zero-order valence-electron chi connectivity index (χ0n) is 15.5. The fraction of sp³-hybridized carbons (Fsp3) is 0.318. The van der Waals surface area contributed by atoms with Crippen molar-refractivity contribution in [3.05, 3.63) is 48.2 Å². The second kappa shape index (κ2) is 6.87. The number of aliphatic hydroxyl groups excluding tert-OH is 1. The molecule has 3 N–H and O–H groups in total. The highest BCUT2D eigenvalue weighted by atomic mass is 16.3. The number of hydrogen-bond acceptors (Lipinski definition) is 5. The van der Waals surface area contributed by atoms with E-state index >= 15 is 0 Å². The Bertz CT molecular complexity index is 1070. The van der Waals surface area contributed by atoms with Gasteiger partial charge < -0.3 is 15.7 Å². The minimum Gasteiger partial charge on any atom is -0.393 e. The van der Waals surface area contributed by atoms with Gasteiger partial charge in [0.2, 0.25) is 11.9 Å². The first-order valence-corrected chi connectivity index (χ1v) is 9.78. The third-order valence-corrected chi connectivity index (χ3v) is 5.63. The van der Waals surface area contributed by atoms with Crippen LogP contribution in [0.1, 0.15) is 31.2 Å². The number of nitrogens with one attached hydrogen (secondary N) is 2. The Hall–Kier alpha value is -2.99. The lowest BCUT2D eigenvalue weighted by Crippen LogP contribution is -2.30. The number of nitrogens with zero attached hydrogens (tertiary/aromatic N) is 2. The molecule has 0 unspecified atom stereocenters. The Morgan fingerprint density at radius 3 is 2.86 bits per heavy atom. The van der Waals surface area contributed by atoms with Crippen molar-refractivity contribution in [1.82, 2.24) is 9.97 Å². The normalized spacial score (nSPS) is 21.4. The molecule has 28 heavy (non-hydrogen) atoms. The van der Waals surface area contributed by atoms with Crippen LogP contribution in [0.4, 0.5) is 11.6 Å². The van der Waals surface area contributed by atoms with Crippen LogP contribution in [0.15, 0.2) is 42.6 Å². The minimum absolute atomic E-state index is 0.0435. The van der Waals surface area contributed by atoms with Crippen LogP contribution >= 0.6 is 0 Å². The van der Waals surface area contributed by atoms with E-state index < -0.39 is 0 Å². The van der Waals surface area contributed by atoms with Gasteiger partial charge in [0.25, 0.3) is 0 Å². The first kappa shape index (κ1) is 17.1. The van der Waals surface area contributed by atoms with E-state index in [1.807, 2.05) is 24.4 Å². The van der Waals surface area contributed by atoms with E-state index in [-0.39, 0.29) is 18.1 Å². The van der Waals surface area contributed by atoms with E-state index in [1.165, 1.54) is 0 Å². The molecule has 1 saturated carbocycles. The van der Waals surface area contributed by atoms with Crippen LogP contribution in [0.2, 0.25) is 0 Å². The highest BCUT2D eigenvalue weighted by molar-refractivity contribution is 5.99. The quantitative estimate of drug-likeness (QED) is 0.653. The van der Waals surface area contributed by atoms with Crippen molar-refractivity contribution in [2.75, 3.05) is 10.6 Å². The molecule has 1 fully saturated rings. The van der Waals surface area contributed by atoms with Crippen LogP contribution in [-0.2, 0) is 11.2 Å². The van der Waals surface area contributed by atoms with Crippen LogP contribution < -0.4 is 10.6 Å². The highest BCUT2D eigenvalue weighted by Crippen LogP contribution is 2.30. The third-order valence-electron chi connectivity index (χ3n) is 5.63.